The highest BCUT2D eigenvalue weighted by Gasteiger charge is 2.29. The molecule has 1 unspecified atom stereocenters. The average molecular weight is 311 g/mol. The van der Waals surface area contributed by atoms with E-state index in [4.69, 9.17) is 10.5 Å². The molecule has 0 bridgehead atoms. The fourth-order valence-corrected chi connectivity index (χ4v) is 2.88. The second-order valence-corrected chi connectivity index (χ2v) is 6.05. The van der Waals surface area contributed by atoms with Gasteiger partial charge in [0.2, 0.25) is 11.5 Å². The third kappa shape index (κ3) is 3.25. The number of amidine groups is 1. The molecule has 0 radical (unpaired) electrons. The lowest BCUT2D eigenvalue weighted by atomic mass is 9.84. The summed E-state index contributed by atoms with van der Waals surface area (Å²) in [6.45, 7) is 4.53. The van der Waals surface area contributed by atoms with Crippen LogP contribution in [0.3, 0.4) is 0 Å². The summed E-state index contributed by atoms with van der Waals surface area (Å²) in [7, 11) is 0. The van der Waals surface area contributed by atoms with Gasteiger partial charge in [-0.1, -0.05) is 19.9 Å². The van der Waals surface area contributed by atoms with Gasteiger partial charge in [-0.3, -0.25) is 0 Å². The number of nitrogens with one attached hydrogen (secondary N) is 1. The zero-order chi connectivity index (χ0) is 15.5. The number of rotatable bonds is 6. The van der Waals surface area contributed by atoms with Crippen molar-refractivity contribution in [2.75, 3.05) is 17.9 Å². The number of nitrogens with zero attached hydrogens (tertiary/aromatic N) is 1. The molecule has 0 aliphatic carbocycles. The van der Waals surface area contributed by atoms with E-state index in [1.807, 2.05) is 13.8 Å². The monoisotopic (exact) mass is 311 g/mol. The molecule has 0 aromatic heterocycles. The van der Waals surface area contributed by atoms with E-state index in [-0.39, 0.29) is 17.9 Å². The summed E-state index contributed by atoms with van der Waals surface area (Å²) in [4.78, 5) is 0. The van der Waals surface area contributed by atoms with Gasteiger partial charge in [0.1, 0.15) is 5.75 Å². The molecule has 0 amide bonds. The van der Waals surface area contributed by atoms with E-state index in [2.05, 4.69) is 9.12 Å². The van der Waals surface area contributed by atoms with Crippen LogP contribution < -0.4 is 15.2 Å². The second-order valence-electron chi connectivity index (χ2n) is 5.16. The van der Waals surface area contributed by atoms with Crippen LogP contribution in [0.2, 0.25) is 0 Å². The lowest BCUT2D eigenvalue weighted by Gasteiger charge is -2.30. The zero-order valence-electron chi connectivity index (χ0n) is 12.3. The Morgan fingerprint density at radius 2 is 2.14 bits per heavy atom. The van der Waals surface area contributed by atoms with Crippen LogP contribution in [-0.2, 0) is 11.5 Å². The average Bonchev–Trinajstić information content (AvgIpc) is 2.48. The van der Waals surface area contributed by atoms with Gasteiger partial charge in [0.15, 0.2) is 5.84 Å². The first kappa shape index (κ1) is 15.9. The summed E-state index contributed by atoms with van der Waals surface area (Å²) in [6, 6.07) is 5.38. The molecule has 0 saturated carbocycles. The molecule has 4 N–H and O–H groups in total. The van der Waals surface area contributed by atoms with E-state index < -0.39 is 11.5 Å². The highest BCUT2D eigenvalue weighted by molar-refractivity contribution is 7.91. The van der Waals surface area contributed by atoms with E-state index in [0.29, 0.717) is 23.6 Å². The topological polar surface area (TPSA) is 103 Å². The minimum absolute atomic E-state index is 0.0703. The highest BCUT2D eigenvalue weighted by Crippen LogP contribution is 2.33. The molecule has 1 aromatic rings. The van der Waals surface area contributed by atoms with Crippen molar-refractivity contribution in [3.8, 4) is 5.75 Å². The summed E-state index contributed by atoms with van der Waals surface area (Å²) in [5.74, 6) is 0.776. The fraction of sp³-hybridized carbons (Fsp3) is 0.500. The maximum atomic E-state index is 11.5. The molecule has 0 fully saturated rings. The van der Waals surface area contributed by atoms with Gasteiger partial charge in [-0.25, -0.2) is 0 Å². The van der Waals surface area contributed by atoms with Crippen molar-refractivity contribution in [2.45, 2.75) is 26.7 Å². The van der Waals surface area contributed by atoms with E-state index >= 15 is 0 Å². The van der Waals surface area contributed by atoms with Crippen molar-refractivity contribution in [3.63, 3.8) is 0 Å². The molecule has 1 aliphatic heterocycles. The molecule has 1 heterocycles. The normalized spacial score (nSPS) is 17.7. The Kier molecular flexibility index (Phi) is 4.97. The number of aliphatic hydroxyl groups excluding tert-OH is 1. The van der Waals surface area contributed by atoms with Gasteiger partial charge in [-0.05, 0) is 29.4 Å². The van der Waals surface area contributed by atoms with Crippen LogP contribution in [0.1, 0.15) is 32.3 Å². The number of hydrogen-bond donors (Lipinski definition) is 3. The van der Waals surface area contributed by atoms with E-state index in [9.17, 15) is 9.66 Å². The van der Waals surface area contributed by atoms with E-state index in [1.54, 1.807) is 18.2 Å². The maximum Gasteiger partial charge on any atom is 0.222 e. The number of aliphatic hydroxyl groups is 1. The Morgan fingerprint density at radius 1 is 1.43 bits per heavy atom. The molecule has 6 nitrogen and oxygen atoms in total. The second kappa shape index (κ2) is 6.55. The first-order chi connectivity index (χ1) is 10.0. The van der Waals surface area contributed by atoms with Gasteiger partial charge in [0.25, 0.3) is 0 Å². The van der Waals surface area contributed by atoms with Crippen molar-refractivity contribution in [1.82, 2.24) is 0 Å². The minimum Gasteiger partial charge on any atom is -0.566 e. The van der Waals surface area contributed by atoms with Gasteiger partial charge in [0, 0.05) is 5.41 Å². The summed E-state index contributed by atoms with van der Waals surface area (Å²) < 4.78 is 23.9. The summed E-state index contributed by atoms with van der Waals surface area (Å²) in [6.07, 6.45) is 1.64. The van der Waals surface area contributed by atoms with Gasteiger partial charge in [-0.15, -0.1) is 0 Å². The third-order valence-corrected chi connectivity index (χ3v) is 4.79. The summed E-state index contributed by atoms with van der Waals surface area (Å²) in [5.41, 5.74) is 6.86. The number of ether oxygens (including phenoxy) is 1. The van der Waals surface area contributed by atoms with E-state index in [0.717, 1.165) is 12.8 Å². The third-order valence-electron chi connectivity index (χ3n) is 4.03. The summed E-state index contributed by atoms with van der Waals surface area (Å²) >= 11 is -1.55. The standard InChI is InChI=1S/C14H21N3O3S/c1-3-14(4-2,8-18)9-20-11-7-5-6-10-12(11)13(15)17-21(19)16-10/h5-7,16,18H,3-4,8-9H2,1-2H3,(H2,15,17). The van der Waals surface area contributed by atoms with Crippen molar-refractivity contribution < 1.29 is 14.4 Å². The van der Waals surface area contributed by atoms with Crippen molar-refractivity contribution in [1.29, 1.82) is 0 Å². The fourth-order valence-electron chi connectivity index (χ4n) is 2.21. The molecule has 2 rings (SSSR count). The van der Waals surface area contributed by atoms with Crippen LogP contribution in [0, 0.1) is 5.41 Å². The molecule has 0 spiro atoms. The molecular weight excluding hydrogens is 290 g/mol. The predicted molar refractivity (Wildman–Crippen MR) is 84.5 cm³/mol. The Bertz CT molecular complexity index is 524. The van der Waals surface area contributed by atoms with Gasteiger partial charge in [0.05, 0.1) is 24.5 Å². The largest absolute Gasteiger partial charge is 0.566 e. The molecule has 7 heteroatoms. The molecular formula is C14H21N3O3S. The van der Waals surface area contributed by atoms with Crippen LogP contribution in [0.15, 0.2) is 22.6 Å². The van der Waals surface area contributed by atoms with Crippen molar-refractivity contribution in [3.05, 3.63) is 23.8 Å². The van der Waals surface area contributed by atoms with Gasteiger partial charge >= 0.3 is 0 Å². The Morgan fingerprint density at radius 3 is 2.76 bits per heavy atom. The number of benzene rings is 1. The molecule has 116 valence electrons. The van der Waals surface area contributed by atoms with Crippen LogP contribution in [0.5, 0.6) is 5.75 Å². The number of anilines is 1. The lowest BCUT2D eigenvalue weighted by Crippen LogP contribution is -2.32. The number of nitrogens with two attached hydrogens (primary N) is 1. The molecule has 1 aromatic carbocycles. The Balaban J connectivity index is 2.24. The Labute approximate surface area is 127 Å². The first-order valence-corrected chi connectivity index (χ1v) is 8.05. The first-order valence-electron chi connectivity index (χ1n) is 6.95. The van der Waals surface area contributed by atoms with Crippen LogP contribution in [-0.4, -0.2) is 28.7 Å². The minimum atomic E-state index is -1.55. The molecule has 21 heavy (non-hydrogen) atoms. The van der Waals surface area contributed by atoms with E-state index in [1.165, 1.54) is 0 Å². The van der Waals surface area contributed by atoms with Crippen LogP contribution >= 0.6 is 0 Å². The zero-order valence-corrected chi connectivity index (χ0v) is 13.1. The maximum absolute atomic E-state index is 11.5. The lowest BCUT2D eigenvalue weighted by molar-refractivity contribution is 0.0588. The van der Waals surface area contributed by atoms with Gasteiger partial charge < -0.3 is 20.1 Å². The Hall–Kier alpha value is -1.44. The number of fused-ring (bicyclic) bond motifs is 1. The van der Waals surface area contributed by atoms with Crippen LogP contribution in [0.25, 0.3) is 0 Å². The number of hydrogen-bond acceptors (Lipinski definition) is 6. The molecule has 0 saturated heterocycles. The molecule has 1 aliphatic rings. The van der Waals surface area contributed by atoms with Crippen molar-refractivity contribution >= 4 is 23.1 Å². The molecule has 1 atom stereocenters. The summed E-state index contributed by atoms with van der Waals surface area (Å²) in [5, 5.41) is 9.60. The SMILES string of the molecule is CCC(CC)(CO)COc1cccc2c1C(N)=N[S+]([O-])N2. The van der Waals surface area contributed by atoms with Gasteiger partial charge in [-0.2, -0.15) is 4.72 Å². The highest BCUT2D eigenvalue weighted by atomic mass is 32.2. The van der Waals surface area contributed by atoms with Crippen molar-refractivity contribution in [2.24, 2.45) is 15.5 Å². The van der Waals surface area contributed by atoms with Crippen LogP contribution in [0.4, 0.5) is 5.69 Å². The smallest absolute Gasteiger partial charge is 0.222 e. The predicted octanol–water partition coefficient (Wildman–Crippen LogP) is 1.57. The quantitative estimate of drug-likeness (QED) is 0.692.